The van der Waals surface area contributed by atoms with Gasteiger partial charge in [-0.05, 0) is 37.8 Å². The number of rotatable bonds is 2. The SMILES string of the molecule is CN(c1ccccc1)C1CCC(Br)CC1. The fourth-order valence-corrected chi connectivity index (χ4v) is 2.83. The minimum absolute atomic E-state index is 0.723. The third-order valence-corrected chi connectivity index (χ3v) is 4.25. The minimum atomic E-state index is 0.723. The lowest BCUT2D eigenvalue weighted by Crippen LogP contribution is -2.35. The first-order valence-corrected chi connectivity index (χ1v) is 6.61. The molecular weight excluding hydrogens is 250 g/mol. The van der Waals surface area contributed by atoms with Crippen LogP contribution >= 0.6 is 15.9 Å². The molecule has 0 aliphatic heterocycles. The Labute approximate surface area is 101 Å². The van der Waals surface area contributed by atoms with Crippen LogP contribution in [0.4, 0.5) is 5.69 Å². The van der Waals surface area contributed by atoms with Crippen molar-refractivity contribution in [3.63, 3.8) is 0 Å². The number of benzene rings is 1. The predicted octanol–water partition coefficient (Wildman–Crippen LogP) is 3.83. The first-order valence-electron chi connectivity index (χ1n) is 5.69. The number of halogens is 1. The number of hydrogen-bond acceptors (Lipinski definition) is 1. The van der Waals surface area contributed by atoms with Crippen molar-refractivity contribution in [2.45, 2.75) is 36.6 Å². The van der Waals surface area contributed by atoms with E-state index in [1.165, 1.54) is 31.4 Å². The van der Waals surface area contributed by atoms with E-state index in [0.29, 0.717) is 0 Å². The second kappa shape index (κ2) is 5.02. The molecule has 1 fully saturated rings. The van der Waals surface area contributed by atoms with Crippen LogP contribution in [0.25, 0.3) is 0 Å². The zero-order valence-electron chi connectivity index (χ0n) is 9.20. The van der Waals surface area contributed by atoms with Gasteiger partial charge in [-0.15, -0.1) is 0 Å². The van der Waals surface area contributed by atoms with Crippen LogP contribution in [-0.2, 0) is 0 Å². The Morgan fingerprint density at radius 3 is 2.27 bits per heavy atom. The number of anilines is 1. The van der Waals surface area contributed by atoms with E-state index in [1.54, 1.807) is 0 Å². The number of nitrogens with zero attached hydrogens (tertiary/aromatic N) is 1. The van der Waals surface area contributed by atoms with Crippen LogP contribution < -0.4 is 4.90 Å². The van der Waals surface area contributed by atoms with Crippen molar-refractivity contribution < 1.29 is 0 Å². The van der Waals surface area contributed by atoms with E-state index in [2.05, 4.69) is 58.2 Å². The second-order valence-corrected chi connectivity index (χ2v) is 5.65. The third kappa shape index (κ3) is 2.75. The molecule has 1 nitrogen and oxygen atoms in total. The molecule has 0 unspecified atom stereocenters. The van der Waals surface area contributed by atoms with E-state index >= 15 is 0 Å². The third-order valence-electron chi connectivity index (χ3n) is 3.34. The first-order chi connectivity index (χ1) is 7.27. The van der Waals surface area contributed by atoms with E-state index in [0.717, 1.165) is 10.9 Å². The molecule has 0 aromatic heterocycles. The van der Waals surface area contributed by atoms with Crippen LogP contribution in [0, 0.1) is 0 Å². The summed E-state index contributed by atoms with van der Waals surface area (Å²) in [5.74, 6) is 0. The van der Waals surface area contributed by atoms with Crippen LogP contribution in [0.1, 0.15) is 25.7 Å². The van der Waals surface area contributed by atoms with Gasteiger partial charge >= 0.3 is 0 Å². The Bertz CT molecular complexity index is 291. The highest BCUT2D eigenvalue weighted by molar-refractivity contribution is 9.09. The summed E-state index contributed by atoms with van der Waals surface area (Å²) in [6, 6.07) is 11.4. The summed E-state index contributed by atoms with van der Waals surface area (Å²) in [4.78, 5) is 3.18. The molecule has 82 valence electrons. The summed E-state index contributed by atoms with van der Waals surface area (Å²) in [6.07, 6.45) is 5.23. The number of alkyl halides is 1. The maximum absolute atomic E-state index is 3.70. The molecule has 2 heteroatoms. The quantitative estimate of drug-likeness (QED) is 0.737. The van der Waals surface area contributed by atoms with Crippen molar-refractivity contribution in [3.05, 3.63) is 30.3 Å². The topological polar surface area (TPSA) is 3.24 Å². The molecule has 0 radical (unpaired) electrons. The molecule has 0 saturated heterocycles. The van der Waals surface area contributed by atoms with Gasteiger partial charge in [0.2, 0.25) is 0 Å². The Morgan fingerprint density at radius 2 is 1.67 bits per heavy atom. The molecule has 1 saturated carbocycles. The summed E-state index contributed by atoms with van der Waals surface area (Å²) >= 11 is 3.70. The molecule has 1 aromatic rings. The molecule has 2 rings (SSSR count). The average Bonchev–Trinajstić information content (AvgIpc) is 2.30. The zero-order chi connectivity index (χ0) is 10.7. The highest BCUT2D eigenvalue weighted by Gasteiger charge is 2.22. The van der Waals surface area contributed by atoms with Crippen LogP contribution in [0.5, 0.6) is 0 Å². The molecule has 0 amide bonds. The summed E-state index contributed by atoms with van der Waals surface area (Å²) in [6.45, 7) is 0. The van der Waals surface area contributed by atoms with Crippen molar-refractivity contribution in [2.24, 2.45) is 0 Å². The van der Waals surface area contributed by atoms with Crippen LogP contribution in [0.3, 0.4) is 0 Å². The summed E-state index contributed by atoms with van der Waals surface area (Å²) in [7, 11) is 2.22. The molecule has 0 N–H and O–H groups in total. The Hall–Kier alpha value is -0.500. The highest BCUT2D eigenvalue weighted by Crippen LogP contribution is 2.29. The van der Waals surface area contributed by atoms with Gasteiger partial charge in [0.1, 0.15) is 0 Å². The largest absolute Gasteiger partial charge is 0.372 e. The molecule has 1 aromatic carbocycles. The van der Waals surface area contributed by atoms with E-state index in [1.807, 2.05) is 0 Å². The molecule has 0 atom stereocenters. The average molecular weight is 268 g/mol. The lowest BCUT2D eigenvalue weighted by molar-refractivity contribution is 0.439. The van der Waals surface area contributed by atoms with Crippen LogP contribution in [0.15, 0.2) is 30.3 Å². The van der Waals surface area contributed by atoms with E-state index in [9.17, 15) is 0 Å². The van der Waals surface area contributed by atoms with Crippen molar-refractivity contribution >= 4 is 21.6 Å². The van der Waals surface area contributed by atoms with Crippen LogP contribution in [0.2, 0.25) is 0 Å². The van der Waals surface area contributed by atoms with Crippen LogP contribution in [-0.4, -0.2) is 17.9 Å². The Balaban J connectivity index is 1.99. The van der Waals surface area contributed by atoms with Gasteiger partial charge in [0.15, 0.2) is 0 Å². The minimum Gasteiger partial charge on any atom is -0.372 e. The Morgan fingerprint density at radius 1 is 1.07 bits per heavy atom. The number of hydrogen-bond donors (Lipinski definition) is 0. The van der Waals surface area contributed by atoms with E-state index in [4.69, 9.17) is 0 Å². The Kier molecular flexibility index (Phi) is 3.68. The molecular formula is C13H18BrN. The normalized spacial score (nSPS) is 26.3. The van der Waals surface area contributed by atoms with E-state index in [-0.39, 0.29) is 0 Å². The van der Waals surface area contributed by atoms with Gasteiger partial charge in [0.05, 0.1) is 0 Å². The predicted molar refractivity (Wildman–Crippen MR) is 69.8 cm³/mol. The summed E-state index contributed by atoms with van der Waals surface area (Å²) < 4.78 is 0. The summed E-state index contributed by atoms with van der Waals surface area (Å²) in [5.41, 5.74) is 1.34. The fourth-order valence-electron chi connectivity index (χ4n) is 2.30. The van der Waals surface area contributed by atoms with Crippen molar-refractivity contribution in [3.8, 4) is 0 Å². The standard InChI is InChI=1S/C13H18BrN/c1-15(12-5-3-2-4-6-12)13-9-7-11(14)8-10-13/h2-6,11,13H,7-10H2,1H3. The molecule has 1 aliphatic rings. The molecule has 0 heterocycles. The van der Waals surface area contributed by atoms with Crippen molar-refractivity contribution in [1.82, 2.24) is 0 Å². The lowest BCUT2D eigenvalue weighted by atomic mass is 9.94. The first kappa shape index (κ1) is 11.0. The monoisotopic (exact) mass is 267 g/mol. The molecule has 1 aliphatic carbocycles. The fraction of sp³-hybridized carbons (Fsp3) is 0.538. The maximum Gasteiger partial charge on any atom is 0.0366 e. The smallest absolute Gasteiger partial charge is 0.0366 e. The van der Waals surface area contributed by atoms with Crippen molar-refractivity contribution in [2.75, 3.05) is 11.9 Å². The highest BCUT2D eigenvalue weighted by atomic mass is 79.9. The molecule has 0 spiro atoms. The van der Waals surface area contributed by atoms with Gasteiger partial charge in [-0.1, -0.05) is 34.1 Å². The summed E-state index contributed by atoms with van der Waals surface area (Å²) in [5, 5.41) is 0. The zero-order valence-corrected chi connectivity index (χ0v) is 10.8. The van der Waals surface area contributed by atoms with E-state index < -0.39 is 0 Å². The van der Waals surface area contributed by atoms with Gasteiger partial charge in [0.25, 0.3) is 0 Å². The molecule has 15 heavy (non-hydrogen) atoms. The lowest BCUT2D eigenvalue weighted by Gasteiger charge is -2.34. The van der Waals surface area contributed by atoms with Gasteiger partial charge in [0, 0.05) is 23.6 Å². The number of para-hydroxylation sites is 1. The maximum atomic E-state index is 3.70. The van der Waals surface area contributed by atoms with Crippen molar-refractivity contribution in [1.29, 1.82) is 0 Å². The van der Waals surface area contributed by atoms with Gasteiger partial charge < -0.3 is 4.90 Å². The van der Waals surface area contributed by atoms with Gasteiger partial charge in [-0.2, -0.15) is 0 Å². The molecule has 0 bridgehead atoms. The second-order valence-electron chi connectivity index (χ2n) is 4.35. The van der Waals surface area contributed by atoms with Gasteiger partial charge in [-0.3, -0.25) is 0 Å². The van der Waals surface area contributed by atoms with Gasteiger partial charge in [-0.25, -0.2) is 0 Å².